The van der Waals surface area contributed by atoms with Crippen LogP contribution >= 0.6 is 11.8 Å². The second-order valence-corrected chi connectivity index (χ2v) is 4.48. The molecule has 12 heavy (non-hydrogen) atoms. The van der Waals surface area contributed by atoms with E-state index in [9.17, 15) is 0 Å². The molecule has 0 aliphatic carbocycles. The van der Waals surface area contributed by atoms with E-state index in [0.29, 0.717) is 6.04 Å². The largest absolute Gasteiger partial charge is 0.327 e. The zero-order valence-electron chi connectivity index (χ0n) is 8.51. The third-order valence-corrected chi connectivity index (χ3v) is 3.12. The summed E-state index contributed by atoms with van der Waals surface area (Å²) in [6, 6.07) is 0.432. The molecule has 0 heterocycles. The van der Waals surface area contributed by atoms with E-state index >= 15 is 0 Å². The van der Waals surface area contributed by atoms with Crippen molar-refractivity contribution in [3.8, 4) is 0 Å². The van der Waals surface area contributed by atoms with Crippen LogP contribution in [0.4, 0.5) is 0 Å². The monoisotopic (exact) mass is 189 g/mol. The summed E-state index contributed by atoms with van der Waals surface area (Å²) in [5.41, 5.74) is 5.88. The van der Waals surface area contributed by atoms with Crippen LogP contribution in [-0.4, -0.2) is 17.5 Å². The van der Waals surface area contributed by atoms with Crippen molar-refractivity contribution in [2.75, 3.05) is 11.5 Å². The van der Waals surface area contributed by atoms with Gasteiger partial charge in [-0.2, -0.15) is 11.8 Å². The van der Waals surface area contributed by atoms with Gasteiger partial charge in [0.25, 0.3) is 0 Å². The van der Waals surface area contributed by atoms with Gasteiger partial charge in [-0.05, 0) is 18.6 Å². The van der Waals surface area contributed by atoms with E-state index in [4.69, 9.17) is 5.73 Å². The summed E-state index contributed by atoms with van der Waals surface area (Å²) in [7, 11) is 0. The second-order valence-electron chi connectivity index (χ2n) is 3.33. The van der Waals surface area contributed by atoms with Crippen molar-refractivity contribution in [2.45, 2.75) is 52.0 Å². The first kappa shape index (κ1) is 12.3. The third-order valence-electron chi connectivity index (χ3n) is 1.88. The van der Waals surface area contributed by atoms with Gasteiger partial charge in [0.1, 0.15) is 0 Å². The number of nitrogens with two attached hydrogens (primary N) is 1. The fourth-order valence-electron chi connectivity index (χ4n) is 1.14. The molecule has 2 N–H and O–H groups in total. The minimum absolute atomic E-state index is 0.432. The lowest BCUT2D eigenvalue weighted by atomic mass is 10.2. The molecule has 0 saturated carbocycles. The van der Waals surface area contributed by atoms with Crippen LogP contribution in [0, 0.1) is 0 Å². The van der Waals surface area contributed by atoms with E-state index in [1.165, 1.54) is 37.9 Å². The zero-order valence-corrected chi connectivity index (χ0v) is 9.33. The van der Waals surface area contributed by atoms with E-state index in [0.717, 1.165) is 5.75 Å². The van der Waals surface area contributed by atoms with Crippen LogP contribution in [0.3, 0.4) is 0 Å². The minimum Gasteiger partial charge on any atom is -0.327 e. The molecular formula is C10H23NS. The third kappa shape index (κ3) is 8.41. The molecule has 0 aliphatic rings. The van der Waals surface area contributed by atoms with Gasteiger partial charge in [-0.3, -0.25) is 0 Å². The van der Waals surface area contributed by atoms with E-state index in [2.05, 4.69) is 13.8 Å². The predicted octanol–water partition coefficient (Wildman–Crippen LogP) is 3.04. The van der Waals surface area contributed by atoms with Gasteiger partial charge in [0.2, 0.25) is 0 Å². The van der Waals surface area contributed by atoms with Crippen molar-refractivity contribution in [1.82, 2.24) is 0 Å². The smallest absolute Gasteiger partial charge is 0.0130 e. The number of hydrogen-bond donors (Lipinski definition) is 1. The average Bonchev–Trinajstić information content (AvgIpc) is 2.05. The van der Waals surface area contributed by atoms with E-state index < -0.39 is 0 Å². The van der Waals surface area contributed by atoms with Crippen molar-refractivity contribution < 1.29 is 0 Å². The fourth-order valence-corrected chi connectivity index (χ4v) is 2.19. The Kier molecular flexibility index (Phi) is 9.64. The number of unbranched alkanes of at least 4 members (excludes halogenated alkanes) is 2. The highest BCUT2D eigenvalue weighted by atomic mass is 32.2. The minimum atomic E-state index is 0.432. The molecule has 0 bridgehead atoms. The summed E-state index contributed by atoms with van der Waals surface area (Å²) in [5.74, 6) is 2.45. The maximum absolute atomic E-state index is 5.88. The molecule has 2 heteroatoms. The van der Waals surface area contributed by atoms with Crippen molar-refractivity contribution in [2.24, 2.45) is 5.73 Å². The van der Waals surface area contributed by atoms with Crippen molar-refractivity contribution in [3.05, 3.63) is 0 Å². The van der Waals surface area contributed by atoms with Gasteiger partial charge in [-0.1, -0.05) is 33.1 Å². The predicted molar refractivity (Wildman–Crippen MR) is 59.7 cm³/mol. The number of hydrogen-bond acceptors (Lipinski definition) is 2. The molecule has 0 rings (SSSR count). The van der Waals surface area contributed by atoms with Crippen LogP contribution < -0.4 is 5.73 Å². The molecule has 1 unspecified atom stereocenters. The average molecular weight is 189 g/mol. The van der Waals surface area contributed by atoms with Crippen LogP contribution in [0.25, 0.3) is 0 Å². The Bertz CT molecular complexity index is 85.9. The van der Waals surface area contributed by atoms with Gasteiger partial charge in [0.15, 0.2) is 0 Å². The topological polar surface area (TPSA) is 26.0 Å². The first-order chi connectivity index (χ1) is 5.81. The maximum atomic E-state index is 5.88. The summed E-state index contributed by atoms with van der Waals surface area (Å²) < 4.78 is 0. The lowest BCUT2D eigenvalue weighted by molar-refractivity contribution is 0.660. The Labute approximate surface area is 81.5 Å². The molecule has 0 fully saturated rings. The van der Waals surface area contributed by atoms with Gasteiger partial charge < -0.3 is 5.73 Å². The summed E-state index contributed by atoms with van der Waals surface area (Å²) in [4.78, 5) is 0. The van der Waals surface area contributed by atoms with Crippen LogP contribution in [0.1, 0.15) is 46.0 Å². The summed E-state index contributed by atoms with van der Waals surface area (Å²) in [5, 5.41) is 0. The van der Waals surface area contributed by atoms with Crippen molar-refractivity contribution >= 4 is 11.8 Å². The molecule has 1 atom stereocenters. The molecule has 0 saturated heterocycles. The molecule has 0 radical (unpaired) electrons. The molecule has 0 spiro atoms. The van der Waals surface area contributed by atoms with Crippen molar-refractivity contribution in [3.63, 3.8) is 0 Å². The highest BCUT2D eigenvalue weighted by Crippen LogP contribution is 2.08. The Balaban J connectivity index is 2.97. The highest BCUT2D eigenvalue weighted by Gasteiger charge is 1.99. The molecule has 0 aliphatic heterocycles. The lowest BCUT2D eigenvalue weighted by Crippen LogP contribution is -2.22. The van der Waals surface area contributed by atoms with E-state index in [1.807, 2.05) is 11.8 Å². The fraction of sp³-hybridized carbons (Fsp3) is 1.00. The Morgan fingerprint density at radius 2 is 1.92 bits per heavy atom. The van der Waals surface area contributed by atoms with Crippen LogP contribution in [-0.2, 0) is 0 Å². The second kappa shape index (κ2) is 9.40. The quantitative estimate of drug-likeness (QED) is 0.594. The molecule has 0 amide bonds. The van der Waals surface area contributed by atoms with Crippen LogP contribution in [0.5, 0.6) is 0 Å². The van der Waals surface area contributed by atoms with Gasteiger partial charge in [0, 0.05) is 11.8 Å². The van der Waals surface area contributed by atoms with Gasteiger partial charge in [-0.25, -0.2) is 0 Å². The molecule has 0 aromatic rings. The Morgan fingerprint density at radius 3 is 2.50 bits per heavy atom. The van der Waals surface area contributed by atoms with Gasteiger partial charge in [-0.15, -0.1) is 0 Å². The standard InChI is InChI=1S/C10H23NS/c1-3-5-6-8-12-9-10(11)7-4-2/h10H,3-9,11H2,1-2H3. The molecule has 1 nitrogen and oxygen atoms in total. The first-order valence-corrected chi connectivity index (χ1v) is 6.30. The normalized spacial score (nSPS) is 13.2. The highest BCUT2D eigenvalue weighted by molar-refractivity contribution is 7.99. The molecule has 74 valence electrons. The molecule has 0 aromatic heterocycles. The van der Waals surface area contributed by atoms with Gasteiger partial charge >= 0.3 is 0 Å². The summed E-state index contributed by atoms with van der Waals surface area (Å²) >= 11 is 2.02. The Morgan fingerprint density at radius 1 is 1.17 bits per heavy atom. The maximum Gasteiger partial charge on any atom is 0.0130 e. The summed E-state index contributed by atoms with van der Waals surface area (Å²) in [6.45, 7) is 4.44. The first-order valence-electron chi connectivity index (χ1n) is 5.14. The number of rotatable bonds is 8. The number of thioether (sulfide) groups is 1. The lowest BCUT2D eigenvalue weighted by Gasteiger charge is -2.08. The van der Waals surface area contributed by atoms with Crippen LogP contribution in [0.15, 0.2) is 0 Å². The van der Waals surface area contributed by atoms with Crippen molar-refractivity contribution in [1.29, 1.82) is 0 Å². The molecular weight excluding hydrogens is 166 g/mol. The zero-order chi connectivity index (χ0) is 9.23. The molecule has 0 aromatic carbocycles. The van der Waals surface area contributed by atoms with Crippen LogP contribution in [0.2, 0.25) is 0 Å². The SMILES string of the molecule is CCCCCSCC(N)CCC. The van der Waals surface area contributed by atoms with E-state index in [1.54, 1.807) is 0 Å². The summed E-state index contributed by atoms with van der Waals surface area (Å²) in [6.07, 6.45) is 6.45. The van der Waals surface area contributed by atoms with E-state index in [-0.39, 0.29) is 0 Å². The Hall–Kier alpha value is 0.310. The van der Waals surface area contributed by atoms with Gasteiger partial charge in [0.05, 0.1) is 0 Å².